The zero-order valence-corrected chi connectivity index (χ0v) is 14.3. The van der Waals surface area contributed by atoms with Gasteiger partial charge in [0.25, 0.3) is 0 Å². The Hall–Kier alpha value is -2.33. The van der Waals surface area contributed by atoms with Gasteiger partial charge in [-0.3, -0.25) is 9.69 Å². The minimum Gasteiger partial charge on any atom is -0.488 e. The molecule has 126 valence electrons. The van der Waals surface area contributed by atoms with E-state index in [-0.39, 0.29) is 12.0 Å². The van der Waals surface area contributed by atoms with Gasteiger partial charge in [0.2, 0.25) is 5.91 Å². The molecule has 1 unspecified atom stereocenters. The maximum Gasteiger partial charge on any atom is 0.234 e. The summed E-state index contributed by atoms with van der Waals surface area (Å²) in [6.45, 7) is 3.80. The zero-order chi connectivity index (χ0) is 16.9. The second-order valence-electron chi connectivity index (χ2n) is 6.45. The molecule has 4 nitrogen and oxygen atoms in total. The Kier molecular flexibility index (Phi) is 5.16. The fourth-order valence-electron chi connectivity index (χ4n) is 3.03. The van der Waals surface area contributed by atoms with E-state index in [0.29, 0.717) is 13.1 Å². The summed E-state index contributed by atoms with van der Waals surface area (Å²) >= 11 is 0. The van der Waals surface area contributed by atoms with Gasteiger partial charge in [-0.05, 0) is 36.7 Å². The highest BCUT2D eigenvalue weighted by atomic mass is 16.5. The number of para-hydroxylation sites is 1. The average Bonchev–Trinajstić information content (AvgIpc) is 2.98. The number of aryl methyl sites for hydroxylation is 1. The van der Waals surface area contributed by atoms with E-state index in [2.05, 4.69) is 30.4 Å². The molecule has 0 radical (unpaired) electrons. The van der Waals surface area contributed by atoms with Crippen molar-refractivity contribution in [3.63, 3.8) is 0 Å². The van der Waals surface area contributed by atoms with Crippen molar-refractivity contribution >= 4 is 5.91 Å². The summed E-state index contributed by atoms with van der Waals surface area (Å²) < 4.78 is 5.85. The first kappa shape index (κ1) is 16.5. The van der Waals surface area contributed by atoms with Crippen LogP contribution >= 0.6 is 0 Å². The second-order valence-corrected chi connectivity index (χ2v) is 6.45. The number of hydrogen-bond donors (Lipinski definition) is 1. The molecule has 0 bridgehead atoms. The van der Waals surface area contributed by atoms with Crippen molar-refractivity contribution in [3.8, 4) is 5.75 Å². The van der Waals surface area contributed by atoms with Crippen LogP contribution < -0.4 is 10.1 Å². The van der Waals surface area contributed by atoms with Crippen molar-refractivity contribution in [2.75, 3.05) is 20.1 Å². The van der Waals surface area contributed by atoms with Crippen LogP contribution in [0.1, 0.15) is 16.7 Å². The first-order valence-corrected chi connectivity index (χ1v) is 8.36. The number of carbonyl (C=O) groups is 1. The van der Waals surface area contributed by atoms with Gasteiger partial charge in [0, 0.05) is 13.0 Å². The molecule has 1 heterocycles. The van der Waals surface area contributed by atoms with Crippen molar-refractivity contribution in [2.24, 2.45) is 0 Å². The van der Waals surface area contributed by atoms with Gasteiger partial charge in [0.05, 0.1) is 13.1 Å². The summed E-state index contributed by atoms with van der Waals surface area (Å²) in [5.74, 6) is 0.971. The molecule has 0 spiro atoms. The number of carbonyl (C=O) groups excluding carboxylic acids is 1. The molecule has 1 amide bonds. The second kappa shape index (κ2) is 7.49. The molecule has 2 aromatic carbocycles. The molecule has 0 fully saturated rings. The van der Waals surface area contributed by atoms with Crippen molar-refractivity contribution in [2.45, 2.75) is 26.0 Å². The van der Waals surface area contributed by atoms with Gasteiger partial charge < -0.3 is 10.1 Å². The molecule has 0 saturated heterocycles. The topological polar surface area (TPSA) is 41.6 Å². The number of benzene rings is 2. The summed E-state index contributed by atoms with van der Waals surface area (Å²) in [7, 11) is 1.97. The van der Waals surface area contributed by atoms with Gasteiger partial charge in [0.15, 0.2) is 0 Å². The molecule has 1 atom stereocenters. The Balaban J connectivity index is 1.42. The SMILES string of the molecule is Cc1ccccc1CN(C)CC(=O)NCC1Cc2ccccc2O1. The van der Waals surface area contributed by atoms with E-state index in [4.69, 9.17) is 4.74 Å². The predicted molar refractivity (Wildman–Crippen MR) is 95.1 cm³/mol. The summed E-state index contributed by atoms with van der Waals surface area (Å²) in [6.07, 6.45) is 0.892. The number of likely N-dealkylation sites (N-methyl/N-ethyl adjacent to an activating group) is 1. The number of hydrogen-bond acceptors (Lipinski definition) is 3. The van der Waals surface area contributed by atoms with Gasteiger partial charge in [-0.15, -0.1) is 0 Å². The van der Waals surface area contributed by atoms with Gasteiger partial charge in [0.1, 0.15) is 11.9 Å². The van der Waals surface area contributed by atoms with Crippen molar-refractivity contribution in [1.82, 2.24) is 10.2 Å². The molecule has 4 heteroatoms. The third-order valence-corrected chi connectivity index (χ3v) is 4.36. The van der Waals surface area contributed by atoms with E-state index < -0.39 is 0 Å². The summed E-state index contributed by atoms with van der Waals surface area (Å²) in [5.41, 5.74) is 3.72. The highest BCUT2D eigenvalue weighted by molar-refractivity contribution is 5.78. The smallest absolute Gasteiger partial charge is 0.234 e. The number of nitrogens with one attached hydrogen (secondary N) is 1. The number of fused-ring (bicyclic) bond motifs is 1. The molecule has 1 aliphatic rings. The van der Waals surface area contributed by atoms with Crippen molar-refractivity contribution in [1.29, 1.82) is 0 Å². The Morgan fingerprint density at radius 1 is 1.21 bits per heavy atom. The van der Waals surface area contributed by atoms with E-state index >= 15 is 0 Å². The molecule has 0 saturated carbocycles. The highest BCUT2D eigenvalue weighted by Gasteiger charge is 2.22. The van der Waals surface area contributed by atoms with Crippen LogP contribution in [0.15, 0.2) is 48.5 Å². The molecule has 0 aromatic heterocycles. The fourth-order valence-corrected chi connectivity index (χ4v) is 3.03. The van der Waals surface area contributed by atoms with Gasteiger partial charge in [-0.1, -0.05) is 42.5 Å². The highest BCUT2D eigenvalue weighted by Crippen LogP contribution is 2.27. The van der Waals surface area contributed by atoms with E-state index in [1.807, 2.05) is 42.3 Å². The Labute approximate surface area is 143 Å². The zero-order valence-electron chi connectivity index (χ0n) is 14.3. The van der Waals surface area contributed by atoms with Crippen molar-refractivity contribution < 1.29 is 9.53 Å². The van der Waals surface area contributed by atoms with Crippen LogP contribution in [0.5, 0.6) is 5.75 Å². The summed E-state index contributed by atoms with van der Waals surface area (Å²) in [6, 6.07) is 16.3. The largest absolute Gasteiger partial charge is 0.488 e. The molecular formula is C20H24N2O2. The predicted octanol–water partition coefficient (Wildman–Crippen LogP) is 2.55. The monoisotopic (exact) mass is 324 g/mol. The first-order chi connectivity index (χ1) is 11.6. The lowest BCUT2D eigenvalue weighted by Gasteiger charge is -2.18. The number of amides is 1. The minimum absolute atomic E-state index is 0.0330. The molecule has 1 N–H and O–H groups in total. The lowest BCUT2D eigenvalue weighted by atomic mass is 10.1. The maximum atomic E-state index is 12.1. The van der Waals surface area contributed by atoms with Gasteiger partial charge in [-0.25, -0.2) is 0 Å². The van der Waals surface area contributed by atoms with E-state index in [1.54, 1.807) is 0 Å². The molecule has 24 heavy (non-hydrogen) atoms. The van der Waals surface area contributed by atoms with Crippen LogP contribution in [-0.4, -0.2) is 37.0 Å². The molecule has 3 rings (SSSR count). The number of rotatable bonds is 6. The third kappa shape index (κ3) is 4.15. The maximum absolute atomic E-state index is 12.1. The standard InChI is InChI=1S/C20H24N2O2/c1-15-7-3-4-9-17(15)13-22(2)14-20(23)21-12-18-11-16-8-5-6-10-19(16)24-18/h3-10,18H,11-14H2,1-2H3,(H,21,23). The van der Waals surface area contributed by atoms with Crippen LogP contribution in [0.3, 0.4) is 0 Å². The Morgan fingerprint density at radius 3 is 2.75 bits per heavy atom. The Bertz CT molecular complexity index is 689. The Morgan fingerprint density at radius 2 is 1.96 bits per heavy atom. The molecular weight excluding hydrogens is 300 g/mol. The molecule has 2 aromatic rings. The number of nitrogens with zero attached hydrogens (tertiary/aromatic N) is 1. The van der Waals surface area contributed by atoms with Crippen LogP contribution in [-0.2, 0) is 17.8 Å². The fraction of sp³-hybridized carbons (Fsp3) is 0.350. The quantitative estimate of drug-likeness (QED) is 0.888. The molecule has 1 aliphatic heterocycles. The summed E-state index contributed by atoms with van der Waals surface area (Å²) in [4.78, 5) is 14.2. The van der Waals surface area contributed by atoms with Crippen LogP contribution in [0.4, 0.5) is 0 Å². The van der Waals surface area contributed by atoms with Crippen LogP contribution in [0.2, 0.25) is 0 Å². The van der Waals surface area contributed by atoms with Gasteiger partial charge in [-0.2, -0.15) is 0 Å². The summed E-state index contributed by atoms with van der Waals surface area (Å²) in [5, 5.41) is 2.99. The lowest BCUT2D eigenvalue weighted by molar-refractivity contribution is -0.122. The minimum atomic E-state index is 0.0330. The van der Waals surface area contributed by atoms with Gasteiger partial charge >= 0.3 is 0 Å². The third-order valence-electron chi connectivity index (χ3n) is 4.36. The molecule has 0 aliphatic carbocycles. The lowest BCUT2D eigenvalue weighted by Crippen LogP contribution is -2.40. The van der Waals surface area contributed by atoms with E-state index in [9.17, 15) is 4.79 Å². The van der Waals surface area contributed by atoms with Crippen LogP contribution in [0, 0.1) is 6.92 Å². The normalized spacial score (nSPS) is 15.9. The van der Waals surface area contributed by atoms with E-state index in [1.165, 1.54) is 16.7 Å². The van der Waals surface area contributed by atoms with Crippen molar-refractivity contribution in [3.05, 3.63) is 65.2 Å². The van der Waals surface area contributed by atoms with Crippen LogP contribution in [0.25, 0.3) is 0 Å². The first-order valence-electron chi connectivity index (χ1n) is 8.36. The van der Waals surface area contributed by atoms with E-state index in [0.717, 1.165) is 18.7 Å². The number of ether oxygens (including phenoxy) is 1. The average molecular weight is 324 g/mol.